The number of nitrogens with one attached hydrogen (secondary N) is 1. The lowest BCUT2D eigenvalue weighted by Gasteiger charge is -2.46. The standard InChI is InChI=1S/C21H33N3O7S2/c1-10-16-15(11(2)25)20(27)24(16)17(21(28)29)18(10)33-13-6-12(22-7-13)9-32-14(8-30-4)19(26)23(3)31-5/h10-16,22,25H,6-9H2,1-5H3,(H,28,29)/t10-,11-,12+,13+,14?,15-,16-/m1/s1. The number of methoxy groups -OCH3 is 1. The molecule has 3 N–H and O–H groups in total. The van der Waals surface area contributed by atoms with E-state index in [1.54, 1.807) is 21.1 Å². The van der Waals surface area contributed by atoms with Crippen molar-refractivity contribution >= 4 is 41.3 Å². The first kappa shape index (κ1) is 26.3. The van der Waals surface area contributed by atoms with Crippen molar-refractivity contribution in [3.05, 3.63) is 10.6 Å². The molecule has 3 heterocycles. The SMILES string of the molecule is COCC(SC[C@@H]1C[C@H](SC2=C(C(=O)O)N3C(=O)[C@H]([C@@H](C)O)[C@H]3[C@H]2C)CN1)C(=O)N(C)OC. The molecule has 0 aromatic carbocycles. The number of carboxylic acid groups (broad SMARTS) is 1. The Balaban J connectivity index is 1.61. The van der Waals surface area contributed by atoms with Crippen LogP contribution in [0.15, 0.2) is 10.6 Å². The molecule has 186 valence electrons. The number of nitrogens with zero attached hydrogens (tertiary/aromatic N) is 2. The van der Waals surface area contributed by atoms with Gasteiger partial charge in [-0.05, 0) is 13.3 Å². The van der Waals surface area contributed by atoms with Crippen LogP contribution in [0.1, 0.15) is 20.3 Å². The monoisotopic (exact) mass is 503 g/mol. The van der Waals surface area contributed by atoms with Gasteiger partial charge >= 0.3 is 5.97 Å². The molecule has 3 aliphatic heterocycles. The van der Waals surface area contributed by atoms with Gasteiger partial charge in [-0.2, -0.15) is 0 Å². The van der Waals surface area contributed by atoms with Gasteiger partial charge in [0.15, 0.2) is 0 Å². The number of aliphatic hydroxyl groups excluding tert-OH is 1. The average Bonchev–Trinajstić information content (AvgIpc) is 3.31. The zero-order valence-corrected chi connectivity index (χ0v) is 21.1. The molecule has 2 saturated heterocycles. The number of β-lactam (4-membered cyclic amide) rings is 1. The van der Waals surface area contributed by atoms with Crippen LogP contribution < -0.4 is 5.32 Å². The summed E-state index contributed by atoms with van der Waals surface area (Å²) in [6, 6.07) is -0.132. The number of carbonyl (C=O) groups is 3. The highest BCUT2D eigenvalue weighted by molar-refractivity contribution is 8.03. The third-order valence-corrected chi connectivity index (χ3v) is 9.31. The van der Waals surface area contributed by atoms with Gasteiger partial charge in [-0.3, -0.25) is 14.4 Å². The minimum absolute atomic E-state index is 0.0607. The largest absolute Gasteiger partial charge is 0.477 e. The second kappa shape index (κ2) is 11.0. The Kier molecular flexibility index (Phi) is 8.73. The van der Waals surface area contributed by atoms with Crippen LogP contribution in [0.3, 0.4) is 0 Å². The fourth-order valence-corrected chi connectivity index (χ4v) is 7.48. The summed E-state index contributed by atoms with van der Waals surface area (Å²) >= 11 is 3.02. The maximum absolute atomic E-state index is 12.5. The lowest BCUT2D eigenvalue weighted by Crippen LogP contribution is -2.63. The zero-order valence-electron chi connectivity index (χ0n) is 19.5. The van der Waals surface area contributed by atoms with Gasteiger partial charge in [-0.1, -0.05) is 6.92 Å². The summed E-state index contributed by atoms with van der Waals surface area (Å²) in [4.78, 5) is 44.0. The van der Waals surface area contributed by atoms with Gasteiger partial charge in [0.05, 0.1) is 31.8 Å². The zero-order chi connectivity index (χ0) is 24.4. The molecule has 3 aliphatic rings. The molecule has 2 fully saturated rings. The molecule has 0 radical (unpaired) electrons. The van der Waals surface area contributed by atoms with Crippen LogP contribution in [-0.2, 0) is 24.0 Å². The quantitative estimate of drug-likeness (QED) is 0.269. The van der Waals surface area contributed by atoms with Gasteiger partial charge in [0.1, 0.15) is 10.9 Å². The van der Waals surface area contributed by atoms with Crippen LogP contribution in [0.2, 0.25) is 0 Å². The van der Waals surface area contributed by atoms with Crippen LogP contribution in [0.25, 0.3) is 0 Å². The Morgan fingerprint density at radius 3 is 2.64 bits per heavy atom. The van der Waals surface area contributed by atoms with Gasteiger partial charge in [-0.15, -0.1) is 23.5 Å². The second-order valence-electron chi connectivity index (χ2n) is 8.65. The van der Waals surface area contributed by atoms with Gasteiger partial charge in [-0.25, -0.2) is 9.86 Å². The van der Waals surface area contributed by atoms with Crippen LogP contribution in [0, 0.1) is 11.8 Å². The van der Waals surface area contributed by atoms with Crippen molar-refractivity contribution in [1.29, 1.82) is 0 Å². The molecule has 0 bridgehead atoms. The van der Waals surface area contributed by atoms with Crippen molar-refractivity contribution in [3.8, 4) is 0 Å². The summed E-state index contributed by atoms with van der Waals surface area (Å²) < 4.78 is 5.19. The lowest BCUT2D eigenvalue weighted by molar-refractivity contribution is -0.168. The van der Waals surface area contributed by atoms with Crippen molar-refractivity contribution in [2.75, 3.05) is 40.2 Å². The highest BCUT2D eigenvalue weighted by Crippen LogP contribution is 2.51. The van der Waals surface area contributed by atoms with E-state index in [4.69, 9.17) is 9.57 Å². The molecule has 1 unspecified atom stereocenters. The summed E-state index contributed by atoms with van der Waals surface area (Å²) in [6.45, 7) is 4.50. The lowest BCUT2D eigenvalue weighted by atomic mass is 9.79. The van der Waals surface area contributed by atoms with Crippen molar-refractivity contribution < 1.29 is 34.2 Å². The minimum Gasteiger partial charge on any atom is -0.477 e. The number of hydroxylamine groups is 2. The van der Waals surface area contributed by atoms with Crippen molar-refractivity contribution in [2.24, 2.45) is 11.8 Å². The summed E-state index contributed by atoms with van der Waals surface area (Å²) in [6.07, 6.45) is 0.00261. The molecule has 33 heavy (non-hydrogen) atoms. The van der Waals surface area contributed by atoms with Crippen LogP contribution in [0.4, 0.5) is 0 Å². The van der Waals surface area contributed by atoms with Crippen molar-refractivity contribution in [2.45, 2.75) is 49.0 Å². The molecule has 0 saturated carbocycles. The Bertz CT molecular complexity index is 809. The van der Waals surface area contributed by atoms with E-state index in [-0.39, 0.29) is 52.6 Å². The predicted molar refractivity (Wildman–Crippen MR) is 125 cm³/mol. The number of rotatable bonds is 11. The van der Waals surface area contributed by atoms with E-state index in [0.29, 0.717) is 17.2 Å². The van der Waals surface area contributed by atoms with Gasteiger partial charge < -0.3 is 25.2 Å². The first-order valence-corrected chi connectivity index (χ1v) is 12.9. The first-order chi connectivity index (χ1) is 15.6. The fraction of sp³-hybridized carbons (Fsp3) is 0.762. The number of hydrogen-bond acceptors (Lipinski definition) is 9. The van der Waals surface area contributed by atoms with Gasteiger partial charge in [0.25, 0.3) is 5.91 Å². The molecule has 10 nitrogen and oxygen atoms in total. The number of ether oxygens (including phenoxy) is 1. The molecule has 0 aromatic rings. The number of carboxylic acids is 1. The van der Waals surface area contributed by atoms with E-state index in [1.165, 1.54) is 40.6 Å². The Labute approximate surface area is 202 Å². The number of fused-ring (bicyclic) bond motifs is 1. The summed E-state index contributed by atoms with van der Waals surface area (Å²) in [5.74, 6) is -1.58. The Morgan fingerprint density at radius 2 is 2.06 bits per heavy atom. The highest BCUT2D eigenvalue weighted by Gasteiger charge is 2.60. The summed E-state index contributed by atoms with van der Waals surface area (Å²) in [7, 11) is 4.57. The number of amides is 2. The highest BCUT2D eigenvalue weighted by atomic mass is 32.2. The Morgan fingerprint density at radius 1 is 1.36 bits per heavy atom. The van der Waals surface area contributed by atoms with Gasteiger partial charge in [0, 0.05) is 48.6 Å². The van der Waals surface area contributed by atoms with E-state index in [1.807, 2.05) is 6.92 Å². The van der Waals surface area contributed by atoms with E-state index in [2.05, 4.69) is 5.32 Å². The van der Waals surface area contributed by atoms with Crippen molar-refractivity contribution in [1.82, 2.24) is 15.3 Å². The van der Waals surface area contributed by atoms with E-state index in [0.717, 1.165) is 6.42 Å². The van der Waals surface area contributed by atoms with Crippen molar-refractivity contribution in [3.63, 3.8) is 0 Å². The number of aliphatic hydroxyl groups is 1. The third-order valence-electron chi connectivity index (χ3n) is 6.46. The molecular weight excluding hydrogens is 470 g/mol. The normalized spacial score (nSPS) is 30.8. The van der Waals surface area contributed by atoms with Gasteiger partial charge in [0.2, 0.25) is 5.91 Å². The number of carbonyl (C=O) groups excluding carboxylic acids is 2. The van der Waals surface area contributed by atoms with E-state index in [9.17, 15) is 24.6 Å². The molecule has 0 aromatic heterocycles. The maximum Gasteiger partial charge on any atom is 0.353 e. The Hall–Kier alpha value is -1.31. The van der Waals surface area contributed by atoms with Crippen LogP contribution in [0.5, 0.6) is 0 Å². The summed E-state index contributed by atoms with van der Waals surface area (Å²) in [5, 5.41) is 24.2. The maximum atomic E-state index is 12.5. The third kappa shape index (κ3) is 5.20. The van der Waals surface area contributed by atoms with Crippen LogP contribution in [-0.4, -0.2) is 107 Å². The minimum atomic E-state index is -1.11. The number of thioether (sulfide) groups is 2. The summed E-state index contributed by atoms with van der Waals surface area (Å²) in [5.41, 5.74) is 0.0607. The average molecular weight is 504 g/mol. The predicted octanol–water partition coefficient (Wildman–Crippen LogP) is 0.372. The number of hydrogen-bond donors (Lipinski definition) is 3. The molecular formula is C21H33N3O7S2. The molecule has 0 spiro atoms. The molecule has 0 aliphatic carbocycles. The topological polar surface area (TPSA) is 129 Å². The molecule has 7 atom stereocenters. The molecule has 12 heteroatoms. The smallest absolute Gasteiger partial charge is 0.353 e. The second-order valence-corrected chi connectivity index (χ2v) is 11.2. The fourth-order valence-electron chi connectivity index (χ4n) is 4.72. The first-order valence-electron chi connectivity index (χ1n) is 10.9. The molecule has 3 rings (SSSR count). The van der Waals surface area contributed by atoms with E-state index >= 15 is 0 Å². The number of aliphatic carboxylic acids is 1. The molecule has 2 amide bonds. The van der Waals surface area contributed by atoms with E-state index < -0.39 is 18.0 Å². The van der Waals surface area contributed by atoms with Crippen LogP contribution >= 0.6 is 23.5 Å².